The maximum atomic E-state index is 14.1. The summed E-state index contributed by atoms with van der Waals surface area (Å²) in [5.74, 6) is -1.86. The van der Waals surface area contributed by atoms with E-state index in [4.69, 9.17) is 0 Å². The first-order valence-electron chi connectivity index (χ1n) is 9.66. The minimum Gasteiger partial charge on any atom is -0.212 e. The van der Waals surface area contributed by atoms with Gasteiger partial charge < -0.3 is 0 Å². The third kappa shape index (κ3) is 5.57. The van der Waals surface area contributed by atoms with Crippen molar-refractivity contribution in [3.8, 4) is 0 Å². The van der Waals surface area contributed by atoms with Crippen LogP contribution in [0.2, 0.25) is 0 Å². The van der Waals surface area contributed by atoms with Crippen LogP contribution < -0.4 is 0 Å². The molecule has 0 amide bonds. The number of hydrogen-bond acceptors (Lipinski definition) is 2. The van der Waals surface area contributed by atoms with Crippen molar-refractivity contribution in [1.82, 2.24) is 4.31 Å². The largest absolute Gasteiger partial charge is 0.416 e. The maximum Gasteiger partial charge on any atom is 0.416 e. The van der Waals surface area contributed by atoms with Gasteiger partial charge in [0.25, 0.3) is 0 Å². The lowest BCUT2D eigenvalue weighted by Gasteiger charge is -2.28. The summed E-state index contributed by atoms with van der Waals surface area (Å²) in [5, 5.41) is 0. The molecule has 0 aliphatic heterocycles. The lowest BCUT2D eigenvalue weighted by Crippen LogP contribution is -2.40. The predicted octanol–water partition coefficient (Wildman–Crippen LogP) is 5.30. The predicted molar refractivity (Wildman–Crippen MR) is 103 cm³/mol. The van der Waals surface area contributed by atoms with Crippen LogP contribution in [0.5, 0.6) is 0 Å². The molecule has 30 heavy (non-hydrogen) atoms. The molecule has 0 aromatic heterocycles. The van der Waals surface area contributed by atoms with E-state index >= 15 is 0 Å². The lowest BCUT2D eigenvalue weighted by atomic mass is 10.1. The van der Waals surface area contributed by atoms with Crippen LogP contribution in [0.3, 0.4) is 0 Å². The van der Waals surface area contributed by atoms with Crippen molar-refractivity contribution in [2.45, 2.75) is 50.9 Å². The van der Waals surface area contributed by atoms with E-state index in [1.807, 2.05) is 0 Å². The zero-order chi connectivity index (χ0) is 21.9. The van der Waals surface area contributed by atoms with Gasteiger partial charge in [0.1, 0.15) is 11.6 Å². The first kappa shape index (κ1) is 22.7. The Hall–Kier alpha value is -2.00. The van der Waals surface area contributed by atoms with Gasteiger partial charge >= 0.3 is 6.18 Å². The fourth-order valence-corrected chi connectivity index (χ4v) is 5.42. The van der Waals surface area contributed by atoms with Gasteiger partial charge in [0.05, 0.1) is 11.3 Å². The highest BCUT2D eigenvalue weighted by atomic mass is 32.2. The van der Waals surface area contributed by atoms with E-state index in [1.165, 1.54) is 22.5 Å². The smallest absolute Gasteiger partial charge is 0.212 e. The van der Waals surface area contributed by atoms with Gasteiger partial charge in [0.2, 0.25) is 10.0 Å². The second-order valence-corrected chi connectivity index (χ2v) is 9.52. The van der Waals surface area contributed by atoms with Crippen molar-refractivity contribution < 1.29 is 30.4 Å². The second kappa shape index (κ2) is 9.01. The van der Waals surface area contributed by atoms with Crippen LogP contribution in [0.15, 0.2) is 42.5 Å². The normalized spacial score (nSPS) is 15.8. The van der Waals surface area contributed by atoms with Gasteiger partial charge in [-0.25, -0.2) is 17.2 Å². The average molecular weight is 447 g/mol. The molecule has 3 nitrogen and oxygen atoms in total. The zero-order valence-corrected chi connectivity index (χ0v) is 16.9. The van der Waals surface area contributed by atoms with Gasteiger partial charge in [-0.05, 0) is 43.0 Å². The summed E-state index contributed by atoms with van der Waals surface area (Å²) in [7, 11) is -3.82. The number of alkyl halides is 3. The lowest BCUT2D eigenvalue weighted by molar-refractivity contribution is -0.137. The van der Waals surface area contributed by atoms with Gasteiger partial charge in [-0.1, -0.05) is 31.0 Å². The highest BCUT2D eigenvalue weighted by Crippen LogP contribution is 2.30. The number of sulfonamides is 1. The molecule has 2 aromatic carbocycles. The van der Waals surface area contributed by atoms with Crippen molar-refractivity contribution in [1.29, 1.82) is 0 Å². The summed E-state index contributed by atoms with van der Waals surface area (Å²) in [6, 6.07) is 7.13. The minimum atomic E-state index is -4.46. The second-order valence-electron chi connectivity index (χ2n) is 7.48. The van der Waals surface area contributed by atoms with Crippen molar-refractivity contribution in [3.63, 3.8) is 0 Å². The standard InChI is InChI=1S/C21H22F5NO2S/c22-18-10-7-16(20(23)13-18)14-27(19-3-1-2-4-19)30(28,29)12-11-15-5-8-17(9-6-15)21(24,25)26/h5-10,13,19H,1-4,11-12,14H2. The molecule has 1 aliphatic carbocycles. The Kier molecular flexibility index (Phi) is 6.81. The number of nitrogens with zero attached hydrogens (tertiary/aromatic N) is 1. The van der Waals surface area contributed by atoms with Gasteiger partial charge in [0, 0.05) is 24.2 Å². The fraction of sp³-hybridized carbons (Fsp3) is 0.429. The molecule has 1 aliphatic rings. The third-order valence-electron chi connectivity index (χ3n) is 5.36. The quantitative estimate of drug-likeness (QED) is 0.540. The third-order valence-corrected chi connectivity index (χ3v) is 7.22. The van der Waals surface area contributed by atoms with E-state index in [1.54, 1.807) is 0 Å². The monoisotopic (exact) mass is 447 g/mol. The Balaban J connectivity index is 1.76. The molecule has 0 N–H and O–H groups in total. The minimum absolute atomic E-state index is 0.0373. The Morgan fingerprint density at radius 2 is 1.60 bits per heavy atom. The molecule has 1 fully saturated rings. The Morgan fingerprint density at radius 1 is 0.967 bits per heavy atom. The first-order valence-corrected chi connectivity index (χ1v) is 11.3. The van der Waals surface area contributed by atoms with Crippen LogP contribution in [-0.2, 0) is 29.2 Å². The molecule has 2 aromatic rings. The van der Waals surface area contributed by atoms with Gasteiger partial charge in [-0.3, -0.25) is 0 Å². The fourth-order valence-electron chi connectivity index (χ4n) is 3.69. The molecular weight excluding hydrogens is 425 g/mol. The topological polar surface area (TPSA) is 37.4 Å². The van der Waals surface area contributed by atoms with Crippen molar-refractivity contribution >= 4 is 10.0 Å². The first-order chi connectivity index (χ1) is 14.1. The highest BCUT2D eigenvalue weighted by Gasteiger charge is 2.33. The van der Waals surface area contributed by atoms with Gasteiger partial charge in [0.15, 0.2) is 0 Å². The molecule has 0 atom stereocenters. The molecule has 0 spiro atoms. The van der Waals surface area contributed by atoms with E-state index in [0.29, 0.717) is 18.4 Å². The summed E-state index contributed by atoms with van der Waals surface area (Å²) < 4.78 is 92.7. The van der Waals surface area contributed by atoms with E-state index in [2.05, 4.69) is 0 Å². The molecule has 0 radical (unpaired) electrons. The molecule has 3 rings (SSSR count). The summed E-state index contributed by atoms with van der Waals surface area (Å²) in [6.07, 6.45) is -1.38. The van der Waals surface area contributed by atoms with Crippen molar-refractivity contribution in [2.24, 2.45) is 0 Å². The Morgan fingerprint density at radius 3 is 2.17 bits per heavy atom. The van der Waals surface area contributed by atoms with Crippen molar-refractivity contribution in [2.75, 3.05) is 5.75 Å². The SMILES string of the molecule is O=S(=O)(CCc1ccc(C(F)(F)F)cc1)N(Cc1ccc(F)cc1F)C1CCCC1. The summed E-state index contributed by atoms with van der Waals surface area (Å²) in [6.45, 7) is -0.202. The number of rotatable bonds is 7. The molecule has 1 saturated carbocycles. The molecule has 0 unspecified atom stereocenters. The molecule has 0 bridgehead atoms. The summed E-state index contributed by atoms with van der Waals surface area (Å²) in [4.78, 5) is 0. The van der Waals surface area contributed by atoms with Crippen LogP contribution in [-0.4, -0.2) is 24.5 Å². The molecule has 0 heterocycles. The van der Waals surface area contributed by atoms with Crippen molar-refractivity contribution in [3.05, 3.63) is 70.8 Å². The van der Waals surface area contributed by atoms with Gasteiger partial charge in [-0.15, -0.1) is 0 Å². The maximum absolute atomic E-state index is 14.1. The molecule has 0 saturated heterocycles. The van der Waals surface area contributed by atoms with Crippen LogP contribution in [0.4, 0.5) is 22.0 Å². The zero-order valence-electron chi connectivity index (χ0n) is 16.1. The number of hydrogen-bond donors (Lipinski definition) is 0. The Labute approximate surface area is 172 Å². The van der Waals surface area contributed by atoms with Crippen LogP contribution in [0.25, 0.3) is 0 Å². The summed E-state index contributed by atoms with van der Waals surface area (Å²) >= 11 is 0. The van der Waals surface area contributed by atoms with E-state index < -0.39 is 33.4 Å². The number of benzene rings is 2. The summed E-state index contributed by atoms with van der Waals surface area (Å²) in [5.41, 5.74) is -0.249. The molecule has 164 valence electrons. The highest BCUT2D eigenvalue weighted by molar-refractivity contribution is 7.89. The molecule has 9 heteroatoms. The van der Waals surface area contributed by atoms with Crippen LogP contribution >= 0.6 is 0 Å². The number of halogens is 5. The number of aryl methyl sites for hydroxylation is 1. The van der Waals surface area contributed by atoms with E-state index in [-0.39, 0.29) is 30.3 Å². The Bertz CT molecular complexity index is 968. The van der Waals surface area contributed by atoms with Gasteiger partial charge in [-0.2, -0.15) is 17.5 Å². The van der Waals surface area contributed by atoms with E-state index in [0.717, 1.165) is 37.1 Å². The van der Waals surface area contributed by atoms with Crippen LogP contribution in [0, 0.1) is 11.6 Å². The van der Waals surface area contributed by atoms with E-state index in [9.17, 15) is 30.4 Å². The average Bonchev–Trinajstić information content (AvgIpc) is 3.19. The molecular formula is C21H22F5NO2S. The van der Waals surface area contributed by atoms with Crippen LogP contribution in [0.1, 0.15) is 42.4 Å².